The quantitative estimate of drug-likeness (QED) is 0.845. The van der Waals surface area contributed by atoms with Crippen LogP contribution < -0.4 is 10.6 Å². The first-order valence-corrected chi connectivity index (χ1v) is 8.91. The van der Waals surface area contributed by atoms with Crippen LogP contribution in [0.3, 0.4) is 0 Å². The first-order chi connectivity index (χ1) is 12.1. The first-order valence-electron chi connectivity index (χ1n) is 8.91. The van der Waals surface area contributed by atoms with Crippen molar-refractivity contribution in [3.05, 3.63) is 60.2 Å². The zero-order valence-electron chi connectivity index (χ0n) is 14.5. The summed E-state index contributed by atoms with van der Waals surface area (Å²) in [7, 11) is 0. The first kappa shape index (κ1) is 17.2. The molecule has 25 heavy (non-hydrogen) atoms. The van der Waals surface area contributed by atoms with Crippen molar-refractivity contribution in [2.45, 2.75) is 44.4 Å². The predicted octanol–water partition coefficient (Wildman–Crippen LogP) is 4.49. The minimum absolute atomic E-state index is 0.0372. The van der Waals surface area contributed by atoms with Gasteiger partial charge in [0, 0.05) is 17.8 Å². The molecule has 0 spiro atoms. The molecule has 0 bridgehead atoms. The van der Waals surface area contributed by atoms with Crippen molar-refractivity contribution in [1.82, 2.24) is 0 Å². The molecule has 0 aliphatic heterocycles. The van der Waals surface area contributed by atoms with Crippen LogP contribution in [0.2, 0.25) is 0 Å². The summed E-state index contributed by atoms with van der Waals surface area (Å²) >= 11 is 0. The Balaban J connectivity index is 1.81. The molecule has 1 saturated carbocycles. The minimum Gasteiger partial charge on any atom is -0.326 e. The van der Waals surface area contributed by atoms with Crippen molar-refractivity contribution in [2.24, 2.45) is 0 Å². The van der Waals surface area contributed by atoms with Gasteiger partial charge in [0.05, 0.1) is 5.41 Å². The lowest BCUT2D eigenvalue weighted by molar-refractivity contribution is -0.121. The SMILES string of the molecule is CCC(=O)Nc1cccc(NC(=O)C2(c3ccccc3)CCCC2)c1. The second-order valence-electron chi connectivity index (χ2n) is 6.59. The van der Waals surface area contributed by atoms with Crippen molar-refractivity contribution in [1.29, 1.82) is 0 Å². The molecule has 0 unspecified atom stereocenters. The molecule has 0 radical (unpaired) electrons. The van der Waals surface area contributed by atoms with E-state index in [1.54, 1.807) is 6.07 Å². The lowest BCUT2D eigenvalue weighted by Crippen LogP contribution is -2.37. The molecule has 1 fully saturated rings. The standard InChI is InChI=1S/C21H24N2O2/c1-2-19(24)22-17-11-8-12-18(15-17)23-20(25)21(13-6-7-14-21)16-9-4-3-5-10-16/h3-5,8-12,15H,2,6-7,13-14H2,1H3,(H,22,24)(H,23,25). The van der Waals surface area contributed by atoms with E-state index in [0.717, 1.165) is 31.2 Å². The minimum atomic E-state index is -0.454. The molecule has 0 atom stereocenters. The molecule has 0 heterocycles. The summed E-state index contributed by atoms with van der Waals surface area (Å²) in [5, 5.41) is 5.89. The summed E-state index contributed by atoms with van der Waals surface area (Å²) in [4.78, 5) is 24.7. The number of hydrogen-bond donors (Lipinski definition) is 2. The molecule has 4 nitrogen and oxygen atoms in total. The fourth-order valence-electron chi connectivity index (χ4n) is 3.56. The maximum Gasteiger partial charge on any atom is 0.235 e. The molecule has 1 aliphatic carbocycles. The third-order valence-corrected chi connectivity index (χ3v) is 4.94. The topological polar surface area (TPSA) is 58.2 Å². The summed E-state index contributed by atoms with van der Waals surface area (Å²) < 4.78 is 0. The summed E-state index contributed by atoms with van der Waals surface area (Å²) in [6, 6.07) is 17.4. The molecule has 2 aromatic rings. The Morgan fingerprint density at radius 3 is 2.20 bits per heavy atom. The zero-order valence-corrected chi connectivity index (χ0v) is 14.5. The number of carbonyl (C=O) groups is 2. The molecule has 130 valence electrons. The van der Waals surface area contributed by atoms with E-state index in [1.807, 2.05) is 55.5 Å². The van der Waals surface area contributed by atoms with Gasteiger partial charge in [0.15, 0.2) is 0 Å². The number of hydrogen-bond acceptors (Lipinski definition) is 2. The van der Waals surface area contributed by atoms with Crippen molar-refractivity contribution >= 4 is 23.2 Å². The van der Waals surface area contributed by atoms with Gasteiger partial charge >= 0.3 is 0 Å². The average molecular weight is 336 g/mol. The van der Waals surface area contributed by atoms with Crippen molar-refractivity contribution in [2.75, 3.05) is 10.6 Å². The van der Waals surface area contributed by atoms with Crippen LogP contribution in [-0.4, -0.2) is 11.8 Å². The lowest BCUT2D eigenvalue weighted by Gasteiger charge is -2.28. The highest BCUT2D eigenvalue weighted by Crippen LogP contribution is 2.42. The van der Waals surface area contributed by atoms with Gasteiger partial charge < -0.3 is 10.6 Å². The Morgan fingerprint density at radius 1 is 0.920 bits per heavy atom. The molecule has 0 aromatic heterocycles. The highest BCUT2D eigenvalue weighted by atomic mass is 16.2. The van der Waals surface area contributed by atoms with E-state index >= 15 is 0 Å². The highest BCUT2D eigenvalue weighted by Gasteiger charge is 2.42. The van der Waals surface area contributed by atoms with Gasteiger partial charge in [-0.2, -0.15) is 0 Å². The van der Waals surface area contributed by atoms with E-state index in [1.165, 1.54) is 0 Å². The van der Waals surface area contributed by atoms with Gasteiger partial charge in [0.2, 0.25) is 11.8 Å². The fourth-order valence-corrected chi connectivity index (χ4v) is 3.56. The molecule has 1 aliphatic rings. The summed E-state index contributed by atoms with van der Waals surface area (Å²) in [6.07, 6.45) is 4.29. The number of nitrogens with one attached hydrogen (secondary N) is 2. The predicted molar refractivity (Wildman–Crippen MR) is 101 cm³/mol. The molecule has 0 saturated heterocycles. The number of carbonyl (C=O) groups excluding carboxylic acids is 2. The number of rotatable bonds is 5. The van der Waals surface area contributed by atoms with Crippen LogP contribution in [0.15, 0.2) is 54.6 Å². The van der Waals surface area contributed by atoms with Crippen molar-refractivity contribution in [3.63, 3.8) is 0 Å². The van der Waals surface area contributed by atoms with Gasteiger partial charge in [-0.05, 0) is 36.6 Å². The Morgan fingerprint density at radius 2 is 1.56 bits per heavy atom. The van der Waals surface area contributed by atoms with Gasteiger partial charge in [-0.1, -0.05) is 56.2 Å². The third-order valence-electron chi connectivity index (χ3n) is 4.94. The van der Waals surface area contributed by atoms with Crippen LogP contribution in [0.5, 0.6) is 0 Å². The van der Waals surface area contributed by atoms with Gasteiger partial charge in [0.25, 0.3) is 0 Å². The molecule has 2 amide bonds. The van der Waals surface area contributed by atoms with Crippen LogP contribution in [0.4, 0.5) is 11.4 Å². The number of anilines is 2. The molecular formula is C21H24N2O2. The van der Waals surface area contributed by atoms with Crippen molar-refractivity contribution < 1.29 is 9.59 Å². The lowest BCUT2D eigenvalue weighted by atomic mass is 9.78. The molecule has 2 N–H and O–H groups in total. The Kier molecular flexibility index (Phi) is 5.17. The molecule has 3 rings (SSSR count). The third kappa shape index (κ3) is 3.73. The van der Waals surface area contributed by atoms with Crippen molar-refractivity contribution in [3.8, 4) is 0 Å². The van der Waals surface area contributed by atoms with Gasteiger partial charge in [-0.15, -0.1) is 0 Å². The smallest absolute Gasteiger partial charge is 0.235 e. The van der Waals surface area contributed by atoms with Gasteiger partial charge in [0.1, 0.15) is 0 Å². The second-order valence-corrected chi connectivity index (χ2v) is 6.59. The van der Waals surface area contributed by atoms with E-state index in [4.69, 9.17) is 0 Å². The van der Waals surface area contributed by atoms with Gasteiger partial charge in [-0.25, -0.2) is 0 Å². The zero-order chi connectivity index (χ0) is 17.7. The number of amides is 2. The normalized spacial score (nSPS) is 15.6. The molecule has 4 heteroatoms. The van der Waals surface area contributed by atoms with Crippen LogP contribution in [-0.2, 0) is 15.0 Å². The van der Waals surface area contributed by atoms with Crippen LogP contribution in [0.1, 0.15) is 44.6 Å². The largest absolute Gasteiger partial charge is 0.326 e. The summed E-state index contributed by atoms with van der Waals surface area (Å²) in [5.74, 6) is -0.00445. The fraction of sp³-hybridized carbons (Fsp3) is 0.333. The summed E-state index contributed by atoms with van der Waals surface area (Å²) in [5.41, 5.74) is 2.04. The van der Waals surface area contributed by atoms with Crippen LogP contribution in [0.25, 0.3) is 0 Å². The maximum absolute atomic E-state index is 13.1. The maximum atomic E-state index is 13.1. The number of benzene rings is 2. The highest BCUT2D eigenvalue weighted by molar-refractivity contribution is 6.00. The Labute approximate surface area is 148 Å². The average Bonchev–Trinajstić information content (AvgIpc) is 3.14. The Bertz CT molecular complexity index is 750. The van der Waals surface area contributed by atoms with Crippen LogP contribution >= 0.6 is 0 Å². The van der Waals surface area contributed by atoms with E-state index in [9.17, 15) is 9.59 Å². The Hall–Kier alpha value is -2.62. The molecular weight excluding hydrogens is 312 g/mol. The second kappa shape index (κ2) is 7.51. The monoisotopic (exact) mass is 336 g/mol. The van der Waals surface area contributed by atoms with Gasteiger partial charge in [-0.3, -0.25) is 9.59 Å². The van der Waals surface area contributed by atoms with E-state index in [0.29, 0.717) is 17.8 Å². The summed E-state index contributed by atoms with van der Waals surface area (Å²) in [6.45, 7) is 1.81. The van der Waals surface area contributed by atoms with E-state index in [2.05, 4.69) is 10.6 Å². The molecule has 2 aromatic carbocycles. The van der Waals surface area contributed by atoms with E-state index < -0.39 is 5.41 Å². The van der Waals surface area contributed by atoms with E-state index in [-0.39, 0.29) is 11.8 Å². The van der Waals surface area contributed by atoms with Crippen LogP contribution in [0, 0.1) is 0 Å².